The predicted octanol–water partition coefficient (Wildman–Crippen LogP) is 4.38. The highest BCUT2D eigenvalue weighted by molar-refractivity contribution is 7.63. The smallest absolute Gasteiger partial charge is 0.170 e. The first-order chi connectivity index (χ1) is 9.23. The molecule has 0 heterocycles. The first-order valence-corrected chi connectivity index (χ1v) is 9.04. The Labute approximate surface area is 117 Å². The van der Waals surface area contributed by atoms with Gasteiger partial charge < -0.3 is 4.57 Å². The second kappa shape index (κ2) is 6.54. The van der Waals surface area contributed by atoms with Gasteiger partial charge in [0.25, 0.3) is 0 Å². The second-order valence-electron chi connectivity index (χ2n) is 4.98. The normalized spacial score (nSPS) is 20.6. The summed E-state index contributed by atoms with van der Waals surface area (Å²) in [5, 5.41) is 0. The Hall–Kier alpha value is -0.850. The van der Waals surface area contributed by atoms with E-state index in [1.165, 1.54) is 0 Å². The molecule has 0 radical (unpaired) electrons. The molecule has 104 valence electrons. The van der Waals surface area contributed by atoms with E-state index in [1.807, 2.05) is 0 Å². The molecule has 3 heteroatoms. The van der Waals surface area contributed by atoms with E-state index in [2.05, 4.69) is 67.1 Å². The van der Waals surface area contributed by atoms with Crippen LogP contribution in [0.25, 0.3) is 0 Å². The van der Waals surface area contributed by atoms with Crippen LogP contribution in [-0.2, 0) is 4.57 Å². The summed E-state index contributed by atoms with van der Waals surface area (Å²) in [5.74, 6) is 0. The van der Waals surface area contributed by atoms with E-state index in [0.717, 1.165) is 25.9 Å². The Morgan fingerprint density at radius 2 is 1.26 bits per heavy atom. The molecule has 0 N–H and O–H groups in total. The van der Waals surface area contributed by atoms with Crippen LogP contribution in [0.3, 0.4) is 0 Å². The summed E-state index contributed by atoms with van der Waals surface area (Å²) in [6, 6.07) is 0. The van der Waals surface area contributed by atoms with Crippen LogP contribution in [0.2, 0.25) is 0 Å². The SMILES string of the molecule is CCN(CC)P(=O)(C1C=CCC=C1)C1C=CCC=C1. The molecule has 2 aliphatic carbocycles. The first-order valence-electron chi connectivity index (χ1n) is 7.25. The quantitative estimate of drug-likeness (QED) is 0.549. The Morgan fingerprint density at radius 3 is 1.58 bits per heavy atom. The van der Waals surface area contributed by atoms with Crippen LogP contribution in [0, 0.1) is 0 Å². The Morgan fingerprint density at radius 1 is 0.895 bits per heavy atom. The maximum absolute atomic E-state index is 13.8. The summed E-state index contributed by atoms with van der Waals surface area (Å²) in [6.45, 7) is 5.87. The maximum Gasteiger partial charge on any atom is 0.170 e. The lowest BCUT2D eigenvalue weighted by atomic mass is 10.2. The summed E-state index contributed by atoms with van der Waals surface area (Å²) < 4.78 is 16.0. The lowest BCUT2D eigenvalue weighted by Crippen LogP contribution is -2.31. The molecule has 19 heavy (non-hydrogen) atoms. The predicted molar refractivity (Wildman–Crippen MR) is 83.9 cm³/mol. The van der Waals surface area contributed by atoms with Gasteiger partial charge in [-0.3, -0.25) is 4.67 Å². The van der Waals surface area contributed by atoms with Gasteiger partial charge in [0.15, 0.2) is 7.29 Å². The number of allylic oxidation sites excluding steroid dienone is 8. The molecule has 2 aliphatic rings. The third-order valence-electron chi connectivity index (χ3n) is 3.90. The molecular weight excluding hydrogens is 253 g/mol. The number of hydrogen-bond donors (Lipinski definition) is 0. The average Bonchev–Trinajstić information content (AvgIpc) is 2.50. The Balaban J connectivity index is 2.39. The fourth-order valence-corrected chi connectivity index (χ4v) is 6.40. The van der Waals surface area contributed by atoms with Crippen molar-refractivity contribution in [2.24, 2.45) is 0 Å². The van der Waals surface area contributed by atoms with Crippen LogP contribution < -0.4 is 0 Å². The molecule has 0 aromatic heterocycles. The maximum atomic E-state index is 13.8. The third-order valence-corrected chi connectivity index (χ3v) is 7.75. The molecule has 0 aromatic carbocycles. The lowest BCUT2D eigenvalue weighted by molar-refractivity contribution is 0.438. The minimum absolute atomic E-state index is 0.0542. The first kappa shape index (κ1) is 14.6. The molecule has 0 saturated heterocycles. The lowest BCUT2D eigenvalue weighted by Gasteiger charge is -2.38. The van der Waals surface area contributed by atoms with Gasteiger partial charge in [0.05, 0.1) is 11.3 Å². The Bertz CT molecular complexity index is 399. The summed E-state index contributed by atoms with van der Waals surface area (Å²) >= 11 is 0. The van der Waals surface area contributed by atoms with Gasteiger partial charge in [0, 0.05) is 13.1 Å². The number of nitrogens with zero attached hydrogens (tertiary/aromatic N) is 1. The van der Waals surface area contributed by atoms with Gasteiger partial charge in [-0.15, -0.1) is 0 Å². The van der Waals surface area contributed by atoms with Crippen molar-refractivity contribution in [2.75, 3.05) is 13.1 Å². The standard InChI is InChI=1S/C16H24NOP/c1-3-17(4-2)19(18,15-11-7-5-8-12-15)16-13-9-6-10-14-16/h7-16H,3-6H2,1-2H3. The Kier molecular flexibility index (Phi) is 5.01. The molecule has 0 fully saturated rings. The summed E-state index contributed by atoms with van der Waals surface area (Å²) in [7, 11) is -2.49. The van der Waals surface area contributed by atoms with E-state index < -0.39 is 7.29 Å². The molecule has 0 spiro atoms. The van der Waals surface area contributed by atoms with Crippen LogP contribution in [0.1, 0.15) is 26.7 Å². The van der Waals surface area contributed by atoms with E-state index in [4.69, 9.17) is 0 Å². The van der Waals surface area contributed by atoms with Crippen molar-refractivity contribution in [3.05, 3.63) is 48.6 Å². The fraction of sp³-hybridized carbons (Fsp3) is 0.500. The van der Waals surface area contributed by atoms with Gasteiger partial charge in [0.1, 0.15) is 0 Å². The largest absolute Gasteiger partial charge is 0.305 e. The summed E-state index contributed by atoms with van der Waals surface area (Å²) in [6.07, 6.45) is 19.0. The molecule has 2 rings (SSSR count). The van der Waals surface area contributed by atoms with E-state index in [0.29, 0.717) is 0 Å². The molecule has 0 aromatic rings. The van der Waals surface area contributed by atoms with E-state index in [1.54, 1.807) is 0 Å². The van der Waals surface area contributed by atoms with Crippen molar-refractivity contribution in [1.82, 2.24) is 4.67 Å². The van der Waals surface area contributed by atoms with Gasteiger partial charge >= 0.3 is 0 Å². The highest BCUT2D eigenvalue weighted by Crippen LogP contribution is 2.61. The zero-order valence-electron chi connectivity index (χ0n) is 11.9. The van der Waals surface area contributed by atoms with Gasteiger partial charge in [0.2, 0.25) is 0 Å². The zero-order chi connectivity index (χ0) is 13.7. The van der Waals surface area contributed by atoms with Gasteiger partial charge in [-0.05, 0) is 12.8 Å². The molecule has 0 atom stereocenters. The molecule has 0 unspecified atom stereocenters. The van der Waals surface area contributed by atoms with Crippen molar-refractivity contribution in [2.45, 2.75) is 38.0 Å². The van der Waals surface area contributed by atoms with E-state index >= 15 is 0 Å². The molecular formula is C16H24NOP. The number of rotatable bonds is 5. The fourth-order valence-electron chi connectivity index (χ4n) is 2.89. The molecule has 0 bridgehead atoms. The monoisotopic (exact) mass is 277 g/mol. The van der Waals surface area contributed by atoms with Crippen LogP contribution in [0.4, 0.5) is 0 Å². The van der Waals surface area contributed by atoms with Crippen molar-refractivity contribution in [3.63, 3.8) is 0 Å². The van der Waals surface area contributed by atoms with Crippen molar-refractivity contribution in [1.29, 1.82) is 0 Å². The summed E-state index contributed by atoms with van der Waals surface area (Å²) in [5.41, 5.74) is 0.108. The van der Waals surface area contributed by atoms with Crippen molar-refractivity contribution in [3.8, 4) is 0 Å². The topological polar surface area (TPSA) is 20.3 Å². The van der Waals surface area contributed by atoms with Gasteiger partial charge in [-0.1, -0.05) is 62.5 Å². The van der Waals surface area contributed by atoms with E-state index in [9.17, 15) is 4.57 Å². The second-order valence-corrected chi connectivity index (χ2v) is 8.08. The van der Waals surface area contributed by atoms with Crippen molar-refractivity contribution >= 4 is 7.29 Å². The van der Waals surface area contributed by atoms with E-state index in [-0.39, 0.29) is 11.3 Å². The van der Waals surface area contributed by atoms with Gasteiger partial charge in [-0.25, -0.2) is 0 Å². The minimum atomic E-state index is -2.49. The van der Waals surface area contributed by atoms with Crippen LogP contribution in [0.15, 0.2) is 48.6 Å². The van der Waals surface area contributed by atoms with Gasteiger partial charge in [-0.2, -0.15) is 0 Å². The van der Waals surface area contributed by atoms with Crippen LogP contribution in [-0.4, -0.2) is 29.1 Å². The zero-order valence-corrected chi connectivity index (χ0v) is 12.8. The molecule has 0 amide bonds. The molecule has 0 aliphatic heterocycles. The highest BCUT2D eigenvalue weighted by Gasteiger charge is 2.40. The van der Waals surface area contributed by atoms with Crippen LogP contribution in [0.5, 0.6) is 0 Å². The summed E-state index contributed by atoms with van der Waals surface area (Å²) in [4.78, 5) is 0. The van der Waals surface area contributed by atoms with Crippen LogP contribution >= 0.6 is 7.29 Å². The minimum Gasteiger partial charge on any atom is -0.305 e. The third kappa shape index (κ3) is 2.85. The average molecular weight is 277 g/mol. The molecule has 0 saturated carbocycles. The number of hydrogen-bond acceptors (Lipinski definition) is 1. The highest BCUT2D eigenvalue weighted by atomic mass is 31.2. The van der Waals surface area contributed by atoms with Crippen molar-refractivity contribution < 1.29 is 4.57 Å². The molecule has 2 nitrogen and oxygen atoms in total.